The summed E-state index contributed by atoms with van der Waals surface area (Å²) >= 11 is 0. The summed E-state index contributed by atoms with van der Waals surface area (Å²) in [4.78, 5) is 11.9. The SMILES string of the molecule is COCc1ccc(N)cc1/C=N/NC(=O)c1ccc(N)cc1. The fourth-order valence-electron chi connectivity index (χ4n) is 1.88. The third kappa shape index (κ3) is 4.07. The first kappa shape index (κ1) is 15.5. The van der Waals surface area contributed by atoms with E-state index in [-0.39, 0.29) is 5.91 Å². The molecular weight excluding hydrogens is 280 g/mol. The van der Waals surface area contributed by atoms with Crippen molar-refractivity contribution in [1.29, 1.82) is 0 Å². The van der Waals surface area contributed by atoms with Crippen LogP contribution in [-0.4, -0.2) is 19.2 Å². The van der Waals surface area contributed by atoms with E-state index >= 15 is 0 Å². The molecule has 22 heavy (non-hydrogen) atoms. The lowest BCUT2D eigenvalue weighted by Crippen LogP contribution is -2.17. The number of benzene rings is 2. The number of methoxy groups -OCH3 is 1. The Labute approximate surface area is 128 Å². The highest BCUT2D eigenvalue weighted by atomic mass is 16.5. The molecule has 0 aliphatic carbocycles. The van der Waals surface area contributed by atoms with Crippen LogP contribution in [-0.2, 0) is 11.3 Å². The number of nitrogens with two attached hydrogens (primary N) is 2. The summed E-state index contributed by atoms with van der Waals surface area (Å²) in [6.45, 7) is 0.438. The van der Waals surface area contributed by atoms with E-state index in [1.54, 1.807) is 49.7 Å². The van der Waals surface area contributed by atoms with Gasteiger partial charge in [0.05, 0.1) is 12.8 Å². The van der Waals surface area contributed by atoms with Gasteiger partial charge in [0.15, 0.2) is 0 Å². The molecule has 0 unspecified atom stereocenters. The van der Waals surface area contributed by atoms with E-state index in [9.17, 15) is 4.79 Å². The number of nitrogens with zero attached hydrogens (tertiary/aromatic N) is 1. The predicted molar refractivity (Wildman–Crippen MR) is 87.5 cm³/mol. The van der Waals surface area contributed by atoms with Crippen LogP contribution in [0.1, 0.15) is 21.5 Å². The molecule has 6 nitrogen and oxygen atoms in total. The number of amides is 1. The lowest BCUT2D eigenvalue weighted by molar-refractivity contribution is 0.0955. The number of ether oxygens (including phenoxy) is 1. The van der Waals surface area contributed by atoms with Crippen LogP contribution in [0, 0.1) is 0 Å². The minimum atomic E-state index is -0.312. The zero-order valence-electron chi connectivity index (χ0n) is 12.2. The van der Waals surface area contributed by atoms with Gasteiger partial charge in [-0.2, -0.15) is 5.10 Å². The van der Waals surface area contributed by atoms with Gasteiger partial charge >= 0.3 is 0 Å². The first-order valence-corrected chi connectivity index (χ1v) is 6.66. The van der Waals surface area contributed by atoms with Crippen molar-refractivity contribution in [3.63, 3.8) is 0 Å². The maximum Gasteiger partial charge on any atom is 0.271 e. The number of hydrogen-bond donors (Lipinski definition) is 3. The average molecular weight is 298 g/mol. The summed E-state index contributed by atoms with van der Waals surface area (Å²) in [5.41, 5.74) is 17.2. The first-order chi connectivity index (χ1) is 10.6. The highest BCUT2D eigenvalue weighted by molar-refractivity contribution is 5.95. The molecule has 0 heterocycles. The minimum absolute atomic E-state index is 0.312. The van der Waals surface area contributed by atoms with Crippen molar-refractivity contribution in [2.45, 2.75) is 6.61 Å². The number of hydrogen-bond acceptors (Lipinski definition) is 5. The van der Waals surface area contributed by atoms with Crippen molar-refractivity contribution >= 4 is 23.5 Å². The van der Waals surface area contributed by atoms with Gasteiger partial charge < -0.3 is 16.2 Å². The zero-order valence-corrected chi connectivity index (χ0v) is 12.2. The summed E-state index contributed by atoms with van der Waals surface area (Å²) in [5, 5.41) is 3.96. The van der Waals surface area contributed by atoms with Gasteiger partial charge in [0.2, 0.25) is 0 Å². The molecule has 0 saturated carbocycles. The molecule has 0 spiro atoms. The number of hydrazone groups is 1. The molecule has 114 valence electrons. The Morgan fingerprint density at radius 2 is 1.86 bits per heavy atom. The fourth-order valence-corrected chi connectivity index (χ4v) is 1.88. The molecule has 5 N–H and O–H groups in total. The molecule has 2 rings (SSSR count). The normalized spacial score (nSPS) is 10.8. The van der Waals surface area contributed by atoms with Gasteiger partial charge in [-0.05, 0) is 42.0 Å². The van der Waals surface area contributed by atoms with E-state index in [2.05, 4.69) is 10.5 Å². The lowest BCUT2D eigenvalue weighted by atomic mass is 10.1. The van der Waals surface area contributed by atoms with Crippen LogP contribution in [0.3, 0.4) is 0 Å². The highest BCUT2D eigenvalue weighted by Gasteiger charge is 2.04. The van der Waals surface area contributed by atoms with Crippen molar-refractivity contribution in [2.24, 2.45) is 5.10 Å². The van der Waals surface area contributed by atoms with E-state index in [4.69, 9.17) is 16.2 Å². The number of nitrogen functional groups attached to an aromatic ring is 2. The fraction of sp³-hybridized carbons (Fsp3) is 0.125. The Balaban J connectivity index is 2.07. The summed E-state index contributed by atoms with van der Waals surface area (Å²) in [5.74, 6) is -0.312. The zero-order chi connectivity index (χ0) is 15.9. The monoisotopic (exact) mass is 298 g/mol. The standard InChI is InChI=1S/C16H18N4O2/c1-22-10-12-4-7-15(18)8-13(12)9-19-20-16(21)11-2-5-14(17)6-3-11/h2-9H,10,17-18H2,1H3,(H,20,21)/b19-9+. The second-order valence-electron chi connectivity index (χ2n) is 4.71. The van der Waals surface area contributed by atoms with Crippen LogP contribution in [0.5, 0.6) is 0 Å². The molecule has 0 saturated heterocycles. The van der Waals surface area contributed by atoms with Gasteiger partial charge in [-0.3, -0.25) is 4.79 Å². The van der Waals surface area contributed by atoms with Crippen LogP contribution in [0.15, 0.2) is 47.6 Å². The van der Waals surface area contributed by atoms with Crippen LogP contribution >= 0.6 is 0 Å². The predicted octanol–water partition coefficient (Wildman–Crippen LogP) is 1.76. The van der Waals surface area contributed by atoms with E-state index in [0.717, 1.165) is 11.1 Å². The molecule has 0 fully saturated rings. The molecule has 0 atom stereocenters. The van der Waals surface area contributed by atoms with Gasteiger partial charge in [-0.1, -0.05) is 6.07 Å². The van der Waals surface area contributed by atoms with Crippen LogP contribution < -0.4 is 16.9 Å². The quantitative estimate of drug-likeness (QED) is 0.444. The van der Waals surface area contributed by atoms with Gasteiger partial charge in [0.1, 0.15) is 0 Å². The maximum absolute atomic E-state index is 11.9. The molecule has 1 amide bonds. The lowest BCUT2D eigenvalue weighted by Gasteiger charge is -2.06. The molecule has 2 aromatic carbocycles. The minimum Gasteiger partial charge on any atom is -0.399 e. The van der Waals surface area contributed by atoms with Gasteiger partial charge in [0.25, 0.3) is 5.91 Å². The van der Waals surface area contributed by atoms with E-state index in [1.165, 1.54) is 0 Å². The number of carbonyl (C=O) groups excluding carboxylic acids is 1. The van der Waals surface area contributed by atoms with Crippen LogP contribution in [0.4, 0.5) is 11.4 Å². The molecule has 2 aromatic rings. The summed E-state index contributed by atoms with van der Waals surface area (Å²) in [6.07, 6.45) is 1.54. The molecule has 0 bridgehead atoms. The number of rotatable bonds is 5. The highest BCUT2D eigenvalue weighted by Crippen LogP contribution is 2.12. The molecule has 0 radical (unpaired) electrons. The van der Waals surface area contributed by atoms with Crippen molar-refractivity contribution in [3.8, 4) is 0 Å². The molecule has 6 heteroatoms. The molecular formula is C16H18N4O2. The third-order valence-electron chi connectivity index (χ3n) is 3.01. The van der Waals surface area contributed by atoms with Gasteiger partial charge in [-0.15, -0.1) is 0 Å². The van der Waals surface area contributed by atoms with Crippen LogP contribution in [0.2, 0.25) is 0 Å². The Hall–Kier alpha value is -2.86. The molecule has 0 aromatic heterocycles. The van der Waals surface area contributed by atoms with E-state index < -0.39 is 0 Å². The van der Waals surface area contributed by atoms with Crippen molar-refractivity contribution < 1.29 is 9.53 Å². The number of carbonyl (C=O) groups is 1. The van der Waals surface area contributed by atoms with Gasteiger partial charge in [0, 0.05) is 29.6 Å². The number of nitrogens with one attached hydrogen (secondary N) is 1. The maximum atomic E-state index is 11.9. The van der Waals surface area contributed by atoms with Crippen molar-refractivity contribution in [3.05, 3.63) is 59.2 Å². The van der Waals surface area contributed by atoms with Crippen LogP contribution in [0.25, 0.3) is 0 Å². The van der Waals surface area contributed by atoms with E-state index in [0.29, 0.717) is 23.5 Å². The third-order valence-corrected chi connectivity index (χ3v) is 3.01. The molecule has 0 aliphatic rings. The Morgan fingerprint density at radius 1 is 1.18 bits per heavy atom. The van der Waals surface area contributed by atoms with E-state index in [1.807, 2.05) is 6.07 Å². The Kier molecular flexibility index (Phi) is 5.11. The topological polar surface area (TPSA) is 103 Å². The Bertz CT molecular complexity index is 681. The Morgan fingerprint density at radius 3 is 2.55 bits per heavy atom. The smallest absolute Gasteiger partial charge is 0.271 e. The largest absolute Gasteiger partial charge is 0.399 e. The average Bonchev–Trinajstić information content (AvgIpc) is 2.50. The van der Waals surface area contributed by atoms with Gasteiger partial charge in [-0.25, -0.2) is 5.43 Å². The summed E-state index contributed by atoms with van der Waals surface area (Å²) in [7, 11) is 1.61. The molecule has 0 aliphatic heterocycles. The van der Waals surface area contributed by atoms with Crippen molar-refractivity contribution in [1.82, 2.24) is 5.43 Å². The number of anilines is 2. The summed E-state index contributed by atoms with van der Waals surface area (Å²) in [6, 6.07) is 12.0. The second kappa shape index (κ2) is 7.24. The van der Waals surface area contributed by atoms with Crippen molar-refractivity contribution in [2.75, 3.05) is 18.6 Å². The summed E-state index contributed by atoms with van der Waals surface area (Å²) < 4.78 is 5.11. The first-order valence-electron chi connectivity index (χ1n) is 6.66. The second-order valence-corrected chi connectivity index (χ2v) is 4.71.